The first-order chi connectivity index (χ1) is 14.8. The molecule has 1 aliphatic heterocycles. The molecule has 0 spiro atoms. The number of carbonyl (C=O) groups excluding carboxylic acids is 5. The van der Waals surface area contributed by atoms with Gasteiger partial charge in [0.1, 0.15) is 0 Å². The van der Waals surface area contributed by atoms with Crippen LogP contribution >= 0.6 is 0 Å². The summed E-state index contributed by atoms with van der Waals surface area (Å²) in [6.07, 6.45) is -1.71. The molecule has 1 heterocycles. The van der Waals surface area contributed by atoms with Gasteiger partial charge in [0.15, 0.2) is 18.0 Å². The normalized spacial score (nSPS) is 38.8. The maximum atomic E-state index is 13.7. The van der Waals surface area contributed by atoms with Gasteiger partial charge in [-0.1, -0.05) is 13.8 Å². The van der Waals surface area contributed by atoms with Crippen LogP contribution in [-0.4, -0.2) is 55.1 Å². The van der Waals surface area contributed by atoms with Crippen LogP contribution in [0.25, 0.3) is 0 Å². The first-order valence-electron chi connectivity index (χ1n) is 11.0. The predicted molar refractivity (Wildman–Crippen MR) is 109 cm³/mol. The van der Waals surface area contributed by atoms with Crippen molar-refractivity contribution in [2.24, 2.45) is 28.6 Å². The highest BCUT2D eigenvalue weighted by atomic mass is 16.6. The molecule has 0 amide bonds. The number of hydrogen-bond acceptors (Lipinski definition) is 9. The van der Waals surface area contributed by atoms with Gasteiger partial charge in [-0.15, -0.1) is 0 Å². The predicted octanol–water partition coefficient (Wildman–Crippen LogP) is 1.99. The molecule has 32 heavy (non-hydrogen) atoms. The number of ketones is 1. The molecule has 2 saturated carbocycles. The van der Waals surface area contributed by atoms with Gasteiger partial charge in [-0.05, 0) is 37.5 Å². The minimum absolute atomic E-state index is 0.0299. The summed E-state index contributed by atoms with van der Waals surface area (Å²) in [5.74, 6) is -4.79. The molecule has 2 aliphatic carbocycles. The number of ether oxygens (including phenoxy) is 4. The van der Waals surface area contributed by atoms with Crippen LogP contribution < -0.4 is 0 Å². The fraction of sp³-hybridized carbons (Fsp3) is 0.783. The molecule has 3 fully saturated rings. The zero-order valence-corrected chi connectivity index (χ0v) is 19.5. The Morgan fingerprint density at radius 1 is 1.09 bits per heavy atom. The van der Waals surface area contributed by atoms with E-state index in [0.29, 0.717) is 12.8 Å². The number of rotatable bonds is 4. The van der Waals surface area contributed by atoms with Crippen molar-refractivity contribution in [2.75, 3.05) is 7.11 Å². The molecule has 0 aromatic rings. The lowest BCUT2D eigenvalue weighted by Crippen LogP contribution is -2.66. The van der Waals surface area contributed by atoms with E-state index in [9.17, 15) is 24.0 Å². The number of esters is 4. The van der Waals surface area contributed by atoms with Crippen molar-refractivity contribution >= 4 is 29.7 Å². The Kier molecular flexibility index (Phi) is 6.41. The minimum atomic E-state index is -1.15. The molecule has 0 aromatic heterocycles. The smallest absolute Gasteiger partial charge is 0.347 e. The van der Waals surface area contributed by atoms with Crippen molar-refractivity contribution in [3.8, 4) is 0 Å². The van der Waals surface area contributed by atoms with E-state index < -0.39 is 70.8 Å². The highest BCUT2D eigenvalue weighted by Gasteiger charge is 2.68. The van der Waals surface area contributed by atoms with E-state index in [0.717, 1.165) is 0 Å². The number of carbonyl (C=O) groups is 5. The quantitative estimate of drug-likeness (QED) is 0.465. The molecule has 0 radical (unpaired) electrons. The highest BCUT2D eigenvalue weighted by molar-refractivity contribution is 5.93. The molecule has 0 bridgehead atoms. The Labute approximate surface area is 187 Å². The van der Waals surface area contributed by atoms with Gasteiger partial charge < -0.3 is 18.9 Å². The standard InChI is InChI=1S/C23H32O9/c1-11(2)30-21(28)16-10-23(5)13(20(27)32-16)7-8-22(4)14(19(26)29-6)9-15(31-12(3)24)17(25)18(22)23/h11,13-16,18H,7-10H2,1-6H3/t13-,14-,15-,16-,18-,22-,23-/m0/s1. The number of cyclic esters (lactones) is 1. The highest BCUT2D eigenvalue weighted by Crippen LogP contribution is 2.64. The lowest BCUT2D eigenvalue weighted by Gasteiger charge is -2.60. The second-order valence-corrected chi connectivity index (χ2v) is 9.96. The Balaban J connectivity index is 2.06. The van der Waals surface area contributed by atoms with E-state index >= 15 is 0 Å². The summed E-state index contributed by atoms with van der Waals surface area (Å²) in [6, 6.07) is 0. The summed E-state index contributed by atoms with van der Waals surface area (Å²) in [7, 11) is 1.28. The van der Waals surface area contributed by atoms with Crippen LogP contribution in [0.5, 0.6) is 0 Å². The Morgan fingerprint density at radius 2 is 1.75 bits per heavy atom. The van der Waals surface area contributed by atoms with E-state index in [1.165, 1.54) is 14.0 Å². The Morgan fingerprint density at radius 3 is 2.31 bits per heavy atom. The van der Waals surface area contributed by atoms with E-state index in [1.807, 2.05) is 6.92 Å². The second kappa shape index (κ2) is 8.48. The topological polar surface area (TPSA) is 122 Å². The van der Waals surface area contributed by atoms with Crippen LogP contribution in [-0.2, 0) is 42.9 Å². The first kappa shape index (κ1) is 24.2. The number of fused-ring (bicyclic) bond motifs is 3. The van der Waals surface area contributed by atoms with Gasteiger partial charge in [0, 0.05) is 25.7 Å². The van der Waals surface area contributed by atoms with Gasteiger partial charge in [-0.3, -0.25) is 19.2 Å². The lowest BCUT2D eigenvalue weighted by molar-refractivity contribution is -0.214. The van der Waals surface area contributed by atoms with Crippen molar-refractivity contribution in [1.29, 1.82) is 0 Å². The Bertz CT molecular complexity index is 833. The largest absolute Gasteiger partial charge is 0.469 e. The zero-order valence-electron chi connectivity index (χ0n) is 19.5. The third-order valence-corrected chi connectivity index (χ3v) is 7.51. The number of methoxy groups -OCH3 is 1. The summed E-state index contributed by atoms with van der Waals surface area (Å²) in [5, 5.41) is 0. The summed E-state index contributed by atoms with van der Waals surface area (Å²) in [6.45, 7) is 8.23. The van der Waals surface area contributed by atoms with Gasteiger partial charge in [0.25, 0.3) is 0 Å². The van der Waals surface area contributed by atoms with Crippen LogP contribution in [0.4, 0.5) is 0 Å². The van der Waals surface area contributed by atoms with Gasteiger partial charge in [-0.25, -0.2) is 4.79 Å². The third-order valence-electron chi connectivity index (χ3n) is 7.51. The molecule has 1 saturated heterocycles. The molecule has 3 rings (SSSR count). The second-order valence-electron chi connectivity index (χ2n) is 9.96. The lowest BCUT2D eigenvalue weighted by atomic mass is 9.43. The summed E-state index contributed by atoms with van der Waals surface area (Å²) in [5.41, 5.74) is -1.80. The molecule has 7 atom stereocenters. The van der Waals surface area contributed by atoms with E-state index in [1.54, 1.807) is 20.8 Å². The molecule has 9 nitrogen and oxygen atoms in total. The molecule has 0 aromatic carbocycles. The molecule has 0 N–H and O–H groups in total. The van der Waals surface area contributed by atoms with Gasteiger partial charge >= 0.3 is 23.9 Å². The maximum absolute atomic E-state index is 13.7. The molecule has 178 valence electrons. The fourth-order valence-corrected chi connectivity index (χ4v) is 6.26. The SMILES string of the molecule is COC(=O)[C@@H]1C[C@H](OC(C)=O)C(=O)[C@H]2[C@@]1(C)CC[C@H]1C(=O)O[C@H](C(=O)OC(C)C)C[C@]21C. The average molecular weight is 453 g/mol. The first-order valence-corrected chi connectivity index (χ1v) is 11.0. The van der Waals surface area contributed by atoms with E-state index in [-0.39, 0.29) is 18.6 Å². The third kappa shape index (κ3) is 3.90. The van der Waals surface area contributed by atoms with Crippen molar-refractivity contribution in [3.05, 3.63) is 0 Å². The zero-order chi connectivity index (χ0) is 24.0. The number of hydrogen-bond donors (Lipinski definition) is 0. The fourth-order valence-electron chi connectivity index (χ4n) is 6.26. The average Bonchev–Trinajstić information content (AvgIpc) is 2.67. The summed E-state index contributed by atoms with van der Waals surface area (Å²) in [4.78, 5) is 63.6. The molecular weight excluding hydrogens is 420 g/mol. The van der Waals surface area contributed by atoms with Crippen LogP contribution in [0.1, 0.15) is 60.3 Å². The minimum Gasteiger partial charge on any atom is -0.469 e. The van der Waals surface area contributed by atoms with Gasteiger partial charge in [0.2, 0.25) is 0 Å². The van der Waals surface area contributed by atoms with Crippen LogP contribution in [0, 0.1) is 28.6 Å². The molecular formula is C23H32O9. The summed E-state index contributed by atoms with van der Waals surface area (Å²) >= 11 is 0. The Hall–Kier alpha value is -2.45. The van der Waals surface area contributed by atoms with Crippen LogP contribution in [0.2, 0.25) is 0 Å². The molecule has 3 aliphatic rings. The van der Waals surface area contributed by atoms with E-state index in [2.05, 4.69) is 0 Å². The van der Waals surface area contributed by atoms with Crippen LogP contribution in [0.15, 0.2) is 0 Å². The molecule has 9 heteroatoms. The van der Waals surface area contributed by atoms with E-state index in [4.69, 9.17) is 18.9 Å². The van der Waals surface area contributed by atoms with Crippen molar-refractivity contribution in [2.45, 2.75) is 78.6 Å². The molecule has 0 unspecified atom stereocenters. The van der Waals surface area contributed by atoms with Gasteiger partial charge in [0.05, 0.1) is 25.0 Å². The van der Waals surface area contributed by atoms with Crippen molar-refractivity contribution < 1.29 is 42.9 Å². The van der Waals surface area contributed by atoms with Crippen LogP contribution in [0.3, 0.4) is 0 Å². The number of Topliss-reactive ketones (excluding diaryl/α,β-unsaturated/α-hetero) is 1. The van der Waals surface area contributed by atoms with Gasteiger partial charge in [-0.2, -0.15) is 0 Å². The maximum Gasteiger partial charge on any atom is 0.347 e. The monoisotopic (exact) mass is 452 g/mol. The van der Waals surface area contributed by atoms with Crippen molar-refractivity contribution in [3.63, 3.8) is 0 Å². The summed E-state index contributed by atoms with van der Waals surface area (Å²) < 4.78 is 21.0. The van der Waals surface area contributed by atoms with Crippen molar-refractivity contribution in [1.82, 2.24) is 0 Å².